The second-order valence-electron chi connectivity index (χ2n) is 8.50. The van der Waals surface area contributed by atoms with Crippen molar-refractivity contribution in [1.29, 1.82) is 0 Å². The van der Waals surface area contributed by atoms with E-state index in [0.717, 1.165) is 25.7 Å². The van der Waals surface area contributed by atoms with Crippen LogP contribution in [0.1, 0.15) is 145 Å². The van der Waals surface area contributed by atoms with Gasteiger partial charge in [-0.05, 0) is 12.8 Å². The summed E-state index contributed by atoms with van der Waals surface area (Å²) < 4.78 is 22.0. The van der Waals surface area contributed by atoms with Crippen LogP contribution in [0.2, 0.25) is 0 Å². The van der Waals surface area contributed by atoms with Crippen LogP contribution in [0, 0.1) is 0 Å². The molecule has 6 heteroatoms. The summed E-state index contributed by atoms with van der Waals surface area (Å²) in [5.74, 6) is 0. The second kappa shape index (κ2) is 26.8. The minimum absolute atomic E-state index is 0. The molecule has 0 aliphatic rings. The summed E-state index contributed by atoms with van der Waals surface area (Å²) >= 11 is 0. The van der Waals surface area contributed by atoms with Gasteiger partial charge in [0.15, 0.2) is 0 Å². The number of rotatable bonds is 24. The molecule has 180 valence electrons. The third-order valence-corrected chi connectivity index (χ3v) is 6.52. The van der Waals surface area contributed by atoms with Crippen LogP contribution in [0.15, 0.2) is 0 Å². The molecule has 0 saturated heterocycles. The van der Waals surface area contributed by atoms with Gasteiger partial charge in [0.05, 0.1) is 13.2 Å². The van der Waals surface area contributed by atoms with E-state index in [4.69, 9.17) is 9.05 Å². The quantitative estimate of drug-likeness (QED) is 0.0779. The first kappa shape index (κ1) is 33.8. The predicted molar refractivity (Wildman–Crippen MR) is 133 cm³/mol. The Morgan fingerprint density at radius 1 is 0.533 bits per heavy atom. The molecule has 0 heterocycles. The summed E-state index contributed by atoms with van der Waals surface area (Å²) in [5.41, 5.74) is 0. The van der Waals surface area contributed by atoms with Crippen molar-refractivity contribution in [3.05, 3.63) is 0 Å². The van der Waals surface area contributed by atoms with Gasteiger partial charge in [-0.25, -0.2) is 4.57 Å². The molecule has 1 N–H and O–H groups in total. The molecule has 0 fully saturated rings. The molecule has 0 bridgehead atoms. The Hall–Kier alpha value is 1.59. The van der Waals surface area contributed by atoms with E-state index in [1.165, 1.54) is 103 Å². The van der Waals surface area contributed by atoms with Gasteiger partial charge in [0, 0.05) is 0 Å². The van der Waals surface area contributed by atoms with Gasteiger partial charge in [-0.15, -0.1) is 0 Å². The summed E-state index contributed by atoms with van der Waals surface area (Å²) in [6, 6.07) is 0. The molecule has 0 saturated carbocycles. The van der Waals surface area contributed by atoms with Gasteiger partial charge in [-0.2, -0.15) is 0 Å². The van der Waals surface area contributed by atoms with Crippen LogP contribution in [0.5, 0.6) is 0 Å². The van der Waals surface area contributed by atoms with E-state index in [2.05, 4.69) is 13.8 Å². The van der Waals surface area contributed by atoms with Crippen LogP contribution >= 0.6 is 7.82 Å². The smallest absolute Gasteiger partial charge is 1.00 e. The van der Waals surface area contributed by atoms with Crippen molar-refractivity contribution in [1.82, 2.24) is 0 Å². The maximum absolute atomic E-state index is 11.8. The van der Waals surface area contributed by atoms with Crippen molar-refractivity contribution in [3.8, 4) is 0 Å². The van der Waals surface area contributed by atoms with Crippen molar-refractivity contribution >= 4 is 53.3 Å². The Labute approximate surface area is 228 Å². The molecule has 0 radical (unpaired) electrons. The topological polar surface area (TPSA) is 55.8 Å². The zero-order valence-corrected chi connectivity index (χ0v) is 24.8. The zero-order chi connectivity index (χ0) is 21.5. The predicted octanol–water partition coefficient (Wildman–Crippen LogP) is 8.81. The fourth-order valence-corrected chi connectivity index (χ4v) is 4.37. The monoisotopic (exact) mass is 524 g/mol. The third-order valence-electron chi connectivity index (χ3n) is 5.50. The molecule has 0 aromatic heterocycles. The number of hydrogen-bond donors (Lipinski definition) is 1. The van der Waals surface area contributed by atoms with E-state index in [1.807, 2.05) is 0 Å². The minimum atomic E-state index is -3.85. The Kier molecular flexibility index (Phi) is 30.2. The SMILES string of the molecule is CCCCCCCCCCCCOP(=O)(O)OCCCCCCCCCCCC.[H-].[H-].[Sr+2]. The maximum Gasteiger partial charge on any atom is 2.00 e. The van der Waals surface area contributed by atoms with Gasteiger partial charge in [0.2, 0.25) is 0 Å². The molecule has 0 aromatic carbocycles. The average molecular weight is 524 g/mol. The van der Waals surface area contributed by atoms with E-state index < -0.39 is 7.82 Å². The van der Waals surface area contributed by atoms with Gasteiger partial charge in [0.1, 0.15) is 0 Å². The van der Waals surface area contributed by atoms with Crippen LogP contribution in [-0.4, -0.2) is 63.6 Å². The molecule has 0 aliphatic heterocycles. The molecule has 0 aromatic rings. The number of phosphoric acid groups is 1. The summed E-state index contributed by atoms with van der Waals surface area (Å²) in [4.78, 5) is 9.71. The fraction of sp³-hybridized carbons (Fsp3) is 1.00. The van der Waals surface area contributed by atoms with Gasteiger partial charge in [0.25, 0.3) is 0 Å². The Morgan fingerprint density at radius 3 is 1.03 bits per heavy atom. The van der Waals surface area contributed by atoms with E-state index >= 15 is 0 Å². The van der Waals surface area contributed by atoms with Crippen LogP contribution in [0.3, 0.4) is 0 Å². The molecular formula is C24H53O4PSr. The van der Waals surface area contributed by atoms with Crippen LogP contribution < -0.4 is 0 Å². The average Bonchev–Trinajstić information content (AvgIpc) is 2.70. The number of hydrogen-bond acceptors (Lipinski definition) is 3. The fourth-order valence-electron chi connectivity index (χ4n) is 3.58. The van der Waals surface area contributed by atoms with Gasteiger partial charge in [-0.3, -0.25) is 9.05 Å². The standard InChI is InChI=1S/C24H51O4P.Sr.2H/c1-3-5-7-9-11-13-15-17-19-21-23-27-29(25,26)28-24-22-20-18-16-14-12-10-8-6-4-2;;;/h3-24H2,1-2H3,(H,25,26);;;/q;+2;2*-1. The normalized spacial score (nSPS) is 11.6. The molecule has 0 rings (SSSR count). The zero-order valence-electron chi connectivity index (χ0n) is 22.4. The number of unbranched alkanes of at least 4 members (excludes halogenated alkanes) is 18. The Morgan fingerprint density at radius 2 is 0.767 bits per heavy atom. The third kappa shape index (κ3) is 27.6. The van der Waals surface area contributed by atoms with Crippen LogP contribution in [-0.2, 0) is 13.6 Å². The first-order chi connectivity index (χ1) is 14.1. The minimum Gasteiger partial charge on any atom is -1.00 e. The van der Waals surface area contributed by atoms with Crippen molar-refractivity contribution in [2.75, 3.05) is 13.2 Å². The van der Waals surface area contributed by atoms with Crippen molar-refractivity contribution < 1.29 is 21.4 Å². The molecule has 30 heavy (non-hydrogen) atoms. The van der Waals surface area contributed by atoms with Crippen molar-refractivity contribution in [2.45, 2.75) is 142 Å². The van der Waals surface area contributed by atoms with Crippen molar-refractivity contribution in [3.63, 3.8) is 0 Å². The largest absolute Gasteiger partial charge is 2.00 e. The molecule has 0 amide bonds. The summed E-state index contributed by atoms with van der Waals surface area (Å²) in [7, 11) is -3.85. The molecular weight excluding hydrogens is 471 g/mol. The molecule has 0 unspecified atom stereocenters. The molecule has 0 atom stereocenters. The van der Waals surface area contributed by atoms with Gasteiger partial charge < -0.3 is 7.75 Å². The second-order valence-corrected chi connectivity index (χ2v) is 9.95. The van der Waals surface area contributed by atoms with Gasteiger partial charge in [-0.1, -0.05) is 129 Å². The summed E-state index contributed by atoms with van der Waals surface area (Å²) in [6.07, 6.45) is 24.8. The Bertz CT molecular complexity index is 350. The van der Waals surface area contributed by atoms with Crippen LogP contribution in [0.25, 0.3) is 0 Å². The van der Waals surface area contributed by atoms with E-state index in [-0.39, 0.29) is 48.3 Å². The molecule has 0 spiro atoms. The Balaban J connectivity index is -0.00000131. The van der Waals surface area contributed by atoms with Crippen molar-refractivity contribution in [2.24, 2.45) is 0 Å². The van der Waals surface area contributed by atoms with Crippen LogP contribution in [0.4, 0.5) is 0 Å². The molecule has 4 nitrogen and oxygen atoms in total. The first-order valence-corrected chi connectivity index (χ1v) is 14.2. The number of phosphoric ester groups is 1. The van der Waals surface area contributed by atoms with E-state index in [0.29, 0.717) is 13.2 Å². The summed E-state index contributed by atoms with van der Waals surface area (Å²) in [6.45, 7) is 5.14. The first-order valence-electron chi connectivity index (χ1n) is 12.7. The van der Waals surface area contributed by atoms with E-state index in [1.54, 1.807) is 0 Å². The van der Waals surface area contributed by atoms with Gasteiger partial charge >= 0.3 is 53.3 Å². The molecule has 0 aliphatic carbocycles. The summed E-state index contributed by atoms with van der Waals surface area (Å²) in [5, 5.41) is 0. The maximum atomic E-state index is 11.8. The van der Waals surface area contributed by atoms with E-state index in [9.17, 15) is 9.46 Å².